The number of hydrogen-bond donors (Lipinski definition) is 0. The highest BCUT2D eigenvalue weighted by Gasteiger charge is 2.43. The predicted molar refractivity (Wildman–Crippen MR) is 90.7 cm³/mol. The standard InChI is InChI=1S/C19H28N2/c1-6-19(7-2)12-13-21-16-11-9-8-10-15(16)14(3)17(21)18(19)20(4)5/h8-11,18H,6-7,12-13H2,1-5H3. The van der Waals surface area contributed by atoms with E-state index in [1.807, 2.05) is 0 Å². The van der Waals surface area contributed by atoms with Crippen molar-refractivity contribution < 1.29 is 0 Å². The van der Waals surface area contributed by atoms with E-state index in [0.29, 0.717) is 11.5 Å². The SMILES string of the molecule is CCC1(CC)CCn2c(c(C)c3ccccc32)C1N(C)C. The molecule has 2 heterocycles. The fraction of sp³-hybridized carbons (Fsp3) is 0.579. The number of nitrogens with zero attached hydrogens (tertiary/aromatic N) is 2. The maximum absolute atomic E-state index is 2.58. The number of benzene rings is 1. The van der Waals surface area contributed by atoms with Gasteiger partial charge < -0.3 is 9.47 Å². The lowest BCUT2D eigenvalue weighted by molar-refractivity contribution is 0.0514. The molecule has 1 unspecified atom stereocenters. The summed E-state index contributed by atoms with van der Waals surface area (Å²) >= 11 is 0. The fourth-order valence-corrected chi connectivity index (χ4v) is 4.63. The van der Waals surface area contributed by atoms with E-state index in [0.717, 1.165) is 6.54 Å². The molecule has 0 aliphatic carbocycles. The zero-order valence-electron chi connectivity index (χ0n) is 14.1. The number of para-hydroxylation sites is 1. The third-order valence-electron chi connectivity index (χ3n) is 5.87. The Kier molecular flexibility index (Phi) is 3.61. The topological polar surface area (TPSA) is 8.17 Å². The predicted octanol–water partition coefficient (Wildman–Crippen LogP) is 4.76. The average Bonchev–Trinajstić information content (AvgIpc) is 2.79. The molecular weight excluding hydrogens is 256 g/mol. The summed E-state index contributed by atoms with van der Waals surface area (Å²) in [6.07, 6.45) is 3.80. The minimum absolute atomic E-state index is 0.415. The molecule has 1 aromatic heterocycles. The molecule has 1 aliphatic heterocycles. The molecule has 0 amide bonds. The Morgan fingerprint density at radius 2 is 1.86 bits per heavy atom. The van der Waals surface area contributed by atoms with Gasteiger partial charge in [0.1, 0.15) is 0 Å². The highest BCUT2D eigenvalue weighted by Crippen LogP contribution is 2.51. The molecule has 1 aromatic carbocycles. The summed E-state index contributed by atoms with van der Waals surface area (Å²) in [6, 6.07) is 9.42. The first-order valence-electron chi connectivity index (χ1n) is 8.30. The monoisotopic (exact) mass is 284 g/mol. The van der Waals surface area contributed by atoms with Gasteiger partial charge in [-0.3, -0.25) is 0 Å². The van der Waals surface area contributed by atoms with Crippen LogP contribution in [0.3, 0.4) is 0 Å². The molecule has 0 saturated carbocycles. The van der Waals surface area contributed by atoms with Crippen LogP contribution in [0.25, 0.3) is 10.9 Å². The largest absolute Gasteiger partial charge is 0.343 e. The molecule has 3 rings (SSSR count). The van der Waals surface area contributed by atoms with Gasteiger partial charge in [0.15, 0.2) is 0 Å². The van der Waals surface area contributed by atoms with Gasteiger partial charge in [-0.2, -0.15) is 0 Å². The van der Waals surface area contributed by atoms with Crippen molar-refractivity contribution >= 4 is 10.9 Å². The van der Waals surface area contributed by atoms with Gasteiger partial charge in [0, 0.05) is 23.1 Å². The van der Waals surface area contributed by atoms with Crippen molar-refractivity contribution in [2.75, 3.05) is 14.1 Å². The summed E-state index contributed by atoms with van der Waals surface area (Å²) in [4.78, 5) is 2.45. The second kappa shape index (κ2) is 5.17. The van der Waals surface area contributed by atoms with Gasteiger partial charge in [0.2, 0.25) is 0 Å². The van der Waals surface area contributed by atoms with Gasteiger partial charge in [-0.05, 0) is 57.3 Å². The number of hydrogen-bond acceptors (Lipinski definition) is 1. The normalized spacial score (nSPS) is 21.0. The molecule has 21 heavy (non-hydrogen) atoms. The molecule has 0 bridgehead atoms. The Morgan fingerprint density at radius 3 is 2.48 bits per heavy atom. The second-order valence-corrected chi connectivity index (χ2v) is 6.86. The first kappa shape index (κ1) is 14.6. The van der Waals surface area contributed by atoms with Gasteiger partial charge in [-0.1, -0.05) is 32.0 Å². The minimum atomic E-state index is 0.415. The van der Waals surface area contributed by atoms with E-state index in [-0.39, 0.29) is 0 Å². The lowest BCUT2D eigenvalue weighted by Gasteiger charge is -2.47. The van der Waals surface area contributed by atoms with Crippen molar-refractivity contribution in [3.63, 3.8) is 0 Å². The van der Waals surface area contributed by atoms with Crippen molar-refractivity contribution in [3.8, 4) is 0 Å². The Labute approximate surface area is 128 Å². The summed E-state index contributed by atoms with van der Waals surface area (Å²) in [5.41, 5.74) is 4.86. The Balaban J connectivity index is 2.29. The number of fused-ring (bicyclic) bond motifs is 3. The molecule has 1 atom stereocenters. The summed E-state index contributed by atoms with van der Waals surface area (Å²) < 4.78 is 2.58. The van der Waals surface area contributed by atoms with Crippen molar-refractivity contribution in [3.05, 3.63) is 35.5 Å². The van der Waals surface area contributed by atoms with Gasteiger partial charge in [-0.25, -0.2) is 0 Å². The number of rotatable bonds is 3. The van der Waals surface area contributed by atoms with Crippen LogP contribution < -0.4 is 0 Å². The molecule has 2 aromatic rings. The average molecular weight is 284 g/mol. The highest BCUT2D eigenvalue weighted by atomic mass is 15.2. The minimum Gasteiger partial charge on any atom is -0.343 e. The fourth-order valence-electron chi connectivity index (χ4n) is 4.63. The van der Waals surface area contributed by atoms with Crippen LogP contribution in [0.1, 0.15) is 50.4 Å². The first-order valence-corrected chi connectivity index (χ1v) is 8.30. The van der Waals surface area contributed by atoms with E-state index in [1.165, 1.54) is 35.7 Å². The molecular formula is C19H28N2. The summed E-state index contributed by atoms with van der Waals surface area (Å²) in [7, 11) is 4.50. The van der Waals surface area contributed by atoms with E-state index < -0.39 is 0 Å². The van der Waals surface area contributed by atoms with Gasteiger partial charge >= 0.3 is 0 Å². The zero-order valence-corrected chi connectivity index (χ0v) is 14.1. The van der Waals surface area contributed by atoms with Crippen LogP contribution in [-0.4, -0.2) is 23.6 Å². The van der Waals surface area contributed by atoms with Crippen molar-refractivity contribution in [2.45, 2.75) is 52.6 Å². The van der Waals surface area contributed by atoms with Crippen LogP contribution in [0.5, 0.6) is 0 Å². The van der Waals surface area contributed by atoms with Crippen LogP contribution in [0, 0.1) is 12.3 Å². The smallest absolute Gasteiger partial charge is 0.0555 e. The van der Waals surface area contributed by atoms with E-state index >= 15 is 0 Å². The van der Waals surface area contributed by atoms with Crippen LogP contribution in [0.4, 0.5) is 0 Å². The van der Waals surface area contributed by atoms with Gasteiger partial charge in [0.05, 0.1) is 6.04 Å². The van der Waals surface area contributed by atoms with E-state index in [9.17, 15) is 0 Å². The lowest BCUT2D eigenvalue weighted by Crippen LogP contribution is -2.42. The van der Waals surface area contributed by atoms with Crippen molar-refractivity contribution in [1.82, 2.24) is 9.47 Å². The summed E-state index contributed by atoms with van der Waals surface area (Å²) in [5, 5.41) is 1.43. The Hall–Kier alpha value is -1.28. The maximum atomic E-state index is 2.58. The first-order chi connectivity index (χ1) is 10.1. The summed E-state index contributed by atoms with van der Waals surface area (Å²) in [5.74, 6) is 0. The van der Waals surface area contributed by atoms with Crippen LogP contribution in [0.15, 0.2) is 24.3 Å². The molecule has 0 saturated heterocycles. The molecule has 0 fully saturated rings. The third-order valence-corrected chi connectivity index (χ3v) is 5.87. The Morgan fingerprint density at radius 1 is 1.19 bits per heavy atom. The third kappa shape index (κ3) is 1.96. The Bertz CT molecular complexity index is 647. The van der Waals surface area contributed by atoms with E-state index in [4.69, 9.17) is 0 Å². The van der Waals surface area contributed by atoms with E-state index in [2.05, 4.69) is 68.6 Å². The van der Waals surface area contributed by atoms with Gasteiger partial charge in [0.25, 0.3) is 0 Å². The van der Waals surface area contributed by atoms with Crippen LogP contribution in [0.2, 0.25) is 0 Å². The highest BCUT2D eigenvalue weighted by molar-refractivity contribution is 5.85. The van der Waals surface area contributed by atoms with E-state index in [1.54, 1.807) is 5.69 Å². The molecule has 2 nitrogen and oxygen atoms in total. The van der Waals surface area contributed by atoms with Crippen molar-refractivity contribution in [2.24, 2.45) is 5.41 Å². The van der Waals surface area contributed by atoms with Crippen LogP contribution >= 0.6 is 0 Å². The molecule has 2 heteroatoms. The summed E-state index contributed by atoms with van der Waals surface area (Å²) in [6.45, 7) is 8.21. The van der Waals surface area contributed by atoms with Gasteiger partial charge in [-0.15, -0.1) is 0 Å². The lowest BCUT2D eigenvalue weighted by atomic mass is 9.69. The molecule has 0 N–H and O–H groups in total. The number of aryl methyl sites for hydroxylation is 2. The number of aromatic nitrogens is 1. The quantitative estimate of drug-likeness (QED) is 0.788. The molecule has 1 aliphatic rings. The molecule has 0 spiro atoms. The molecule has 0 radical (unpaired) electrons. The second-order valence-electron chi connectivity index (χ2n) is 6.86. The van der Waals surface area contributed by atoms with Crippen LogP contribution in [-0.2, 0) is 6.54 Å². The maximum Gasteiger partial charge on any atom is 0.0555 e. The molecule has 114 valence electrons. The zero-order chi connectivity index (χ0) is 15.2. The van der Waals surface area contributed by atoms with Crippen molar-refractivity contribution in [1.29, 1.82) is 0 Å².